The van der Waals surface area contributed by atoms with Gasteiger partial charge in [0.05, 0.1) is 6.10 Å². The monoisotopic (exact) mass is 316 g/mol. The van der Waals surface area contributed by atoms with Gasteiger partial charge < -0.3 is 9.84 Å². The summed E-state index contributed by atoms with van der Waals surface area (Å²) in [6, 6.07) is 0. The van der Waals surface area contributed by atoms with Gasteiger partial charge in [-0.1, -0.05) is 32.6 Å². The van der Waals surface area contributed by atoms with Crippen LogP contribution in [0.25, 0.3) is 0 Å². The molecule has 5 atom stereocenters. The van der Waals surface area contributed by atoms with Crippen molar-refractivity contribution < 1.29 is 14.6 Å². The molecule has 0 spiro atoms. The zero-order valence-electron chi connectivity index (χ0n) is 14.7. The van der Waals surface area contributed by atoms with Crippen LogP contribution >= 0.6 is 0 Å². The maximum Gasteiger partial charge on any atom is 0.194 e. The lowest BCUT2D eigenvalue weighted by atomic mass is 9.62. The van der Waals surface area contributed by atoms with Crippen LogP contribution in [0, 0.1) is 11.3 Å². The number of ether oxygens (including phenoxy) is 1. The van der Waals surface area contributed by atoms with E-state index in [4.69, 9.17) is 4.74 Å². The number of ketones is 1. The summed E-state index contributed by atoms with van der Waals surface area (Å²) in [6.07, 6.45) is 6.37. The normalized spacial score (nSPS) is 46.7. The van der Waals surface area contributed by atoms with Crippen molar-refractivity contribution in [3.05, 3.63) is 35.5 Å². The van der Waals surface area contributed by atoms with Gasteiger partial charge in [-0.25, -0.2) is 0 Å². The van der Waals surface area contributed by atoms with Gasteiger partial charge >= 0.3 is 0 Å². The predicted molar refractivity (Wildman–Crippen MR) is 91.0 cm³/mol. The SMILES string of the molecule is C=C1C2=CC[C@@H](C)[C@]1(C)C/C=C(\C)[C@@H](O)CC[C@@]1(C)O[C@@H]1C2=O. The summed E-state index contributed by atoms with van der Waals surface area (Å²) in [5.41, 5.74) is 2.13. The van der Waals surface area contributed by atoms with Crippen LogP contribution in [0.1, 0.15) is 53.4 Å². The molecule has 1 heterocycles. The van der Waals surface area contributed by atoms with Gasteiger partial charge in [0.2, 0.25) is 0 Å². The highest BCUT2D eigenvalue weighted by Crippen LogP contribution is 2.51. The molecule has 1 saturated heterocycles. The molecule has 0 unspecified atom stereocenters. The fourth-order valence-corrected chi connectivity index (χ4v) is 3.91. The number of carbonyl (C=O) groups excluding carboxylic acids is 1. The maximum atomic E-state index is 12.9. The first-order chi connectivity index (χ1) is 10.7. The van der Waals surface area contributed by atoms with E-state index in [9.17, 15) is 9.90 Å². The summed E-state index contributed by atoms with van der Waals surface area (Å²) >= 11 is 0. The van der Waals surface area contributed by atoms with Crippen molar-refractivity contribution in [2.45, 2.75) is 71.2 Å². The van der Waals surface area contributed by atoms with Crippen LogP contribution in [0.4, 0.5) is 0 Å². The molecular weight excluding hydrogens is 288 g/mol. The van der Waals surface area contributed by atoms with E-state index in [0.29, 0.717) is 18.8 Å². The molecule has 3 aliphatic rings. The van der Waals surface area contributed by atoms with Crippen molar-refractivity contribution in [1.29, 1.82) is 0 Å². The van der Waals surface area contributed by atoms with Gasteiger partial charge in [0.25, 0.3) is 0 Å². The van der Waals surface area contributed by atoms with E-state index >= 15 is 0 Å². The first kappa shape index (κ1) is 16.7. The number of aliphatic hydroxyl groups is 1. The van der Waals surface area contributed by atoms with Crippen LogP contribution in [0.2, 0.25) is 0 Å². The third-order valence-corrected chi connectivity index (χ3v) is 6.45. The van der Waals surface area contributed by atoms with Gasteiger partial charge in [-0.15, -0.1) is 0 Å². The van der Waals surface area contributed by atoms with E-state index in [1.54, 1.807) is 0 Å². The molecule has 1 fully saturated rings. The molecule has 3 nitrogen and oxygen atoms in total. The Kier molecular flexibility index (Phi) is 3.93. The number of allylic oxidation sites excluding steroid dienone is 3. The summed E-state index contributed by atoms with van der Waals surface area (Å²) in [6.45, 7) is 12.7. The second kappa shape index (κ2) is 5.42. The van der Waals surface area contributed by atoms with Gasteiger partial charge in [0.15, 0.2) is 5.78 Å². The number of rotatable bonds is 0. The first-order valence-corrected chi connectivity index (χ1v) is 8.66. The Morgan fingerprint density at radius 2 is 2.04 bits per heavy atom. The van der Waals surface area contributed by atoms with E-state index in [1.165, 1.54) is 0 Å². The predicted octanol–water partition coefficient (Wildman–Crippen LogP) is 3.73. The highest BCUT2D eigenvalue weighted by Gasteiger charge is 2.58. The molecule has 1 N–H and O–H groups in total. The van der Waals surface area contributed by atoms with Crippen LogP contribution in [0.5, 0.6) is 0 Å². The molecule has 3 heteroatoms. The highest BCUT2D eigenvalue weighted by atomic mass is 16.6. The second-order valence-electron chi connectivity index (χ2n) is 8.03. The van der Waals surface area contributed by atoms with Crippen LogP contribution in [-0.4, -0.2) is 28.7 Å². The first-order valence-electron chi connectivity index (χ1n) is 8.66. The number of Topliss-reactive ketones (excluding diaryl/α,β-unsaturated/α-hetero) is 1. The van der Waals surface area contributed by atoms with Crippen LogP contribution in [0.3, 0.4) is 0 Å². The third kappa shape index (κ3) is 2.64. The summed E-state index contributed by atoms with van der Waals surface area (Å²) in [7, 11) is 0. The summed E-state index contributed by atoms with van der Waals surface area (Å²) in [5, 5.41) is 10.4. The Bertz CT molecular complexity index is 614. The van der Waals surface area contributed by atoms with Crippen molar-refractivity contribution in [1.82, 2.24) is 0 Å². The summed E-state index contributed by atoms with van der Waals surface area (Å²) in [4.78, 5) is 12.9. The minimum atomic E-state index is -0.461. The van der Waals surface area contributed by atoms with E-state index < -0.39 is 11.7 Å². The van der Waals surface area contributed by atoms with Gasteiger partial charge in [0, 0.05) is 5.57 Å². The van der Waals surface area contributed by atoms with E-state index in [2.05, 4.69) is 32.6 Å². The molecule has 3 rings (SSSR count). The van der Waals surface area contributed by atoms with E-state index in [-0.39, 0.29) is 17.3 Å². The molecule has 2 aliphatic carbocycles. The molecule has 0 radical (unpaired) electrons. The standard InChI is InChI=1S/C20H28O3/c1-12-8-10-19(4)13(2)6-7-15(14(19)3)17(22)18-20(5,23-18)11-9-16(12)21/h7-8,13,16,18,21H,3,6,9-11H2,1-2,4-5H3/b12-8+/t13-,16+,18-,19+,20-/m1/s1. The lowest BCUT2D eigenvalue weighted by molar-refractivity contribution is -0.116. The molecular formula is C20H28O3. The fourth-order valence-electron chi connectivity index (χ4n) is 3.91. The smallest absolute Gasteiger partial charge is 0.194 e. The Morgan fingerprint density at radius 3 is 2.74 bits per heavy atom. The topological polar surface area (TPSA) is 49.8 Å². The lowest BCUT2D eigenvalue weighted by Crippen LogP contribution is -2.34. The molecule has 0 saturated carbocycles. The number of carbonyl (C=O) groups is 1. The largest absolute Gasteiger partial charge is 0.389 e. The average molecular weight is 316 g/mol. The number of hydrogen-bond acceptors (Lipinski definition) is 3. The van der Waals surface area contributed by atoms with Gasteiger partial charge in [-0.3, -0.25) is 4.79 Å². The van der Waals surface area contributed by atoms with Crippen LogP contribution in [-0.2, 0) is 9.53 Å². The average Bonchev–Trinajstić information content (AvgIpc) is 3.19. The molecule has 0 amide bonds. The lowest BCUT2D eigenvalue weighted by Gasteiger charge is -2.41. The number of hydrogen-bond donors (Lipinski definition) is 1. The number of fused-ring (bicyclic) bond motifs is 3. The Labute approximate surface area is 139 Å². The number of epoxide rings is 1. The Balaban J connectivity index is 2.02. The van der Waals surface area contributed by atoms with Crippen LogP contribution in [0.15, 0.2) is 35.5 Å². The summed E-state index contributed by atoms with van der Waals surface area (Å²) < 4.78 is 5.75. The van der Waals surface area contributed by atoms with Crippen LogP contribution < -0.4 is 0 Å². The van der Waals surface area contributed by atoms with E-state index in [1.807, 2.05) is 13.8 Å². The van der Waals surface area contributed by atoms with Crippen molar-refractivity contribution >= 4 is 5.78 Å². The quantitative estimate of drug-likeness (QED) is 0.547. The molecule has 1 aliphatic heterocycles. The highest BCUT2D eigenvalue weighted by molar-refractivity contribution is 6.05. The third-order valence-electron chi connectivity index (χ3n) is 6.45. The van der Waals surface area contributed by atoms with Crippen molar-refractivity contribution in [2.24, 2.45) is 11.3 Å². The fraction of sp³-hybridized carbons (Fsp3) is 0.650. The number of aliphatic hydroxyl groups excluding tert-OH is 1. The van der Waals surface area contributed by atoms with Crippen molar-refractivity contribution in [2.75, 3.05) is 0 Å². The molecule has 0 aromatic carbocycles. The molecule has 2 bridgehead atoms. The van der Waals surface area contributed by atoms with Gasteiger partial charge in [-0.05, 0) is 62.0 Å². The molecule has 126 valence electrons. The zero-order chi connectivity index (χ0) is 17.0. The van der Waals surface area contributed by atoms with Gasteiger partial charge in [0.1, 0.15) is 11.7 Å². The Hall–Kier alpha value is -1.19. The van der Waals surface area contributed by atoms with Crippen molar-refractivity contribution in [3.8, 4) is 0 Å². The molecule has 0 aromatic rings. The zero-order valence-corrected chi connectivity index (χ0v) is 14.7. The minimum Gasteiger partial charge on any atom is -0.389 e. The maximum absolute atomic E-state index is 12.9. The second-order valence-corrected chi connectivity index (χ2v) is 8.03. The Morgan fingerprint density at radius 1 is 1.35 bits per heavy atom. The molecule has 0 aromatic heterocycles. The van der Waals surface area contributed by atoms with Crippen molar-refractivity contribution in [3.63, 3.8) is 0 Å². The summed E-state index contributed by atoms with van der Waals surface area (Å²) in [5.74, 6) is 0.494. The molecule has 23 heavy (non-hydrogen) atoms. The van der Waals surface area contributed by atoms with E-state index in [0.717, 1.165) is 29.6 Å². The minimum absolute atomic E-state index is 0.0754. The van der Waals surface area contributed by atoms with Gasteiger partial charge in [-0.2, -0.15) is 0 Å².